The van der Waals surface area contributed by atoms with Gasteiger partial charge in [0.2, 0.25) is 0 Å². The molecule has 2 heterocycles. The van der Waals surface area contributed by atoms with E-state index >= 15 is 0 Å². The number of aromatic nitrogens is 1. The van der Waals surface area contributed by atoms with E-state index in [0.29, 0.717) is 28.8 Å². The zero-order valence-corrected chi connectivity index (χ0v) is 17.6. The van der Waals surface area contributed by atoms with E-state index in [4.69, 9.17) is 4.74 Å². The molecule has 0 spiro atoms. The molecule has 2 unspecified atom stereocenters. The molecule has 2 atom stereocenters. The Bertz CT molecular complexity index is 1080. The van der Waals surface area contributed by atoms with E-state index < -0.39 is 0 Å². The molecule has 1 aliphatic rings. The number of rotatable bonds is 4. The molecule has 1 aromatic heterocycles. The van der Waals surface area contributed by atoms with Crippen molar-refractivity contribution in [2.75, 3.05) is 25.5 Å². The summed E-state index contributed by atoms with van der Waals surface area (Å²) in [6.07, 6.45) is 1.13. The van der Waals surface area contributed by atoms with E-state index in [2.05, 4.69) is 24.1 Å². The van der Waals surface area contributed by atoms with Crippen LogP contribution >= 0.6 is 0 Å². The fraction of sp³-hybridized carbons (Fsp3) is 0.333. The van der Waals surface area contributed by atoms with Crippen molar-refractivity contribution in [1.82, 2.24) is 9.88 Å². The summed E-state index contributed by atoms with van der Waals surface area (Å²) in [7, 11) is 1.61. The monoisotopic (exact) mass is 405 g/mol. The second kappa shape index (κ2) is 8.22. The molecule has 0 bridgehead atoms. The molecule has 1 saturated heterocycles. The standard InChI is InChI=1S/C24H27N3O3/c1-15-10-16(2)14-27(13-15)24(29)19-6-4-5-7-20(19)26-23(28)22-11-17-8-9-18(30-3)12-21(17)25-22/h4-9,11-12,15-16,25H,10,13-14H2,1-3H3,(H,26,28). The van der Waals surface area contributed by atoms with Gasteiger partial charge in [0, 0.05) is 30.1 Å². The highest BCUT2D eigenvalue weighted by Crippen LogP contribution is 2.26. The van der Waals surface area contributed by atoms with Crippen molar-refractivity contribution in [3.63, 3.8) is 0 Å². The van der Waals surface area contributed by atoms with E-state index in [0.717, 1.165) is 36.2 Å². The number of carbonyl (C=O) groups is 2. The molecule has 2 aromatic carbocycles. The van der Waals surface area contributed by atoms with Crippen LogP contribution in [0.2, 0.25) is 0 Å². The number of hydrogen-bond donors (Lipinski definition) is 2. The van der Waals surface area contributed by atoms with Crippen LogP contribution in [0.3, 0.4) is 0 Å². The maximum Gasteiger partial charge on any atom is 0.272 e. The van der Waals surface area contributed by atoms with Crippen molar-refractivity contribution in [2.24, 2.45) is 11.8 Å². The Hall–Kier alpha value is -3.28. The molecule has 1 aliphatic heterocycles. The molecule has 1 fully saturated rings. The molecule has 30 heavy (non-hydrogen) atoms. The first-order valence-corrected chi connectivity index (χ1v) is 10.3. The molecule has 2 amide bonds. The summed E-state index contributed by atoms with van der Waals surface area (Å²) in [6, 6.07) is 14.6. The van der Waals surface area contributed by atoms with E-state index in [9.17, 15) is 9.59 Å². The number of nitrogens with one attached hydrogen (secondary N) is 2. The van der Waals surface area contributed by atoms with Gasteiger partial charge in [0.15, 0.2) is 0 Å². The van der Waals surface area contributed by atoms with Gasteiger partial charge in [-0.15, -0.1) is 0 Å². The van der Waals surface area contributed by atoms with Crippen LogP contribution in [0.4, 0.5) is 5.69 Å². The molecule has 0 saturated carbocycles. The van der Waals surface area contributed by atoms with E-state index in [1.807, 2.05) is 35.2 Å². The van der Waals surface area contributed by atoms with Crippen molar-refractivity contribution in [1.29, 1.82) is 0 Å². The highest BCUT2D eigenvalue weighted by Gasteiger charge is 2.27. The minimum Gasteiger partial charge on any atom is -0.497 e. The number of H-pyrrole nitrogens is 1. The first-order valence-electron chi connectivity index (χ1n) is 10.3. The number of likely N-dealkylation sites (tertiary alicyclic amines) is 1. The van der Waals surface area contributed by atoms with Crippen molar-refractivity contribution in [2.45, 2.75) is 20.3 Å². The molecule has 3 aromatic rings. The molecule has 156 valence electrons. The van der Waals surface area contributed by atoms with Crippen LogP contribution < -0.4 is 10.1 Å². The number of benzene rings is 2. The molecular formula is C24H27N3O3. The van der Waals surface area contributed by atoms with Crippen LogP contribution in [0.25, 0.3) is 10.9 Å². The maximum atomic E-state index is 13.2. The third-order valence-electron chi connectivity index (χ3n) is 5.64. The van der Waals surface area contributed by atoms with Gasteiger partial charge in [-0.2, -0.15) is 0 Å². The van der Waals surface area contributed by atoms with E-state index in [-0.39, 0.29) is 11.8 Å². The smallest absolute Gasteiger partial charge is 0.272 e. The highest BCUT2D eigenvalue weighted by atomic mass is 16.5. The molecule has 0 radical (unpaired) electrons. The molecule has 2 N–H and O–H groups in total. The van der Waals surface area contributed by atoms with Crippen molar-refractivity contribution in [3.8, 4) is 5.75 Å². The van der Waals surface area contributed by atoms with Crippen LogP contribution in [0.5, 0.6) is 5.75 Å². The van der Waals surface area contributed by atoms with E-state index in [1.54, 1.807) is 25.3 Å². The predicted molar refractivity (Wildman–Crippen MR) is 118 cm³/mol. The topological polar surface area (TPSA) is 74.4 Å². The summed E-state index contributed by atoms with van der Waals surface area (Å²) in [4.78, 5) is 31.1. The van der Waals surface area contributed by atoms with Crippen LogP contribution in [-0.2, 0) is 0 Å². The van der Waals surface area contributed by atoms with Crippen LogP contribution in [0.1, 0.15) is 41.1 Å². The Morgan fingerprint density at radius 2 is 1.80 bits per heavy atom. The quantitative estimate of drug-likeness (QED) is 0.669. The largest absolute Gasteiger partial charge is 0.497 e. The number of methoxy groups -OCH3 is 1. The number of carbonyl (C=O) groups excluding carboxylic acids is 2. The Morgan fingerprint density at radius 3 is 2.53 bits per heavy atom. The first kappa shape index (κ1) is 20.0. The second-order valence-electron chi connectivity index (χ2n) is 8.29. The normalized spacial score (nSPS) is 19.0. The minimum absolute atomic E-state index is 0.0364. The van der Waals surface area contributed by atoms with Crippen LogP contribution in [0.15, 0.2) is 48.5 Å². The number of nitrogens with zero attached hydrogens (tertiary/aromatic N) is 1. The van der Waals surface area contributed by atoms with Gasteiger partial charge in [0.25, 0.3) is 11.8 Å². The average molecular weight is 405 g/mol. The third kappa shape index (κ3) is 4.03. The summed E-state index contributed by atoms with van der Waals surface area (Å²) in [5.74, 6) is 1.35. The number of ether oxygens (including phenoxy) is 1. The molecule has 0 aliphatic carbocycles. The van der Waals surface area contributed by atoms with Gasteiger partial charge in [0.05, 0.1) is 18.4 Å². The molecule has 6 heteroatoms. The number of anilines is 1. The predicted octanol–water partition coefficient (Wildman–Crippen LogP) is 4.55. The summed E-state index contributed by atoms with van der Waals surface area (Å²) in [5.41, 5.74) is 2.29. The summed E-state index contributed by atoms with van der Waals surface area (Å²) >= 11 is 0. The lowest BCUT2D eigenvalue weighted by Crippen LogP contribution is -2.42. The summed E-state index contributed by atoms with van der Waals surface area (Å²) in [6.45, 7) is 5.84. The highest BCUT2D eigenvalue weighted by molar-refractivity contribution is 6.09. The fourth-order valence-corrected chi connectivity index (χ4v) is 4.32. The zero-order valence-electron chi connectivity index (χ0n) is 17.6. The van der Waals surface area contributed by atoms with Gasteiger partial charge in [-0.3, -0.25) is 9.59 Å². The molecule has 4 rings (SSSR count). The molecule has 6 nitrogen and oxygen atoms in total. The lowest BCUT2D eigenvalue weighted by molar-refractivity contribution is 0.0624. The number of para-hydroxylation sites is 1. The van der Waals surface area contributed by atoms with Crippen LogP contribution in [-0.4, -0.2) is 41.9 Å². The van der Waals surface area contributed by atoms with Crippen molar-refractivity contribution in [3.05, 3.63) is 59.8 Å². The van der Waals surface area contributed by atoms with Gasteiger partial charge in [-0.1, -0.05) is 26.0 Å². The Morgan fingerprint density at radius 1 is 1.07 bits per heavy atom. The number of piperidine rings is 1. The van der Waals surface area contributed by atoms with Gasteiger partial charge in [0.1, 0.15) is 11.4 Å². The Labute approximate surface area is 176 Å². The SMILES string of the molecule is COc1ccc2cc(C(=O)Nc3ccccc3C(=O)N3CC(C)CC(C)C3)[nH]c2c1. The third-order valence-corrected chi connectivity index (χ3v) is 5.64. The van der Waals surface area contributed by atoms with Crippen molar-refractivity contribution >= 4 is 28.4 Å². The lowest BCUT2D eigenvalue weighted by Gasteiger charge is -2.35. The number of aromatic amines is 1. The Balaban J connectivity index is 1.56. The van der Waals surface area contributed by atoms with Gasteiger partial charge in [-0.05, 0) is 48.6 Å². The van der Waals surface area contributed by atoms with Gasteiger partial charge >= 0.3 is 0 Å². The zero-order chi connectivity index (χ0) is 21.3. The Kier molecular flexibility index (Phi) is 5.48. The lowest BCUT2D eigenvalue weighted by atomic mass is 9.91. The molecular weight excluding hydrogens is 378 g/mol. The van der Waals surface area contributed by atoms with E-state index in [1.165, 1.54) is 0 Å². The summed E-state index contributed by atoms with van der Waals surface area (Å²) in [5, 5.41) is 3.83. The first-order chi connectivity index (χ1) is 14.4. The number of hydrogen-bond acceptors (Lipinski definition) is 3. The van der Waals surface area contributed by atoms with Crippen LogP contribution in [0, 0.1) is 11.8 Å². The average Bonchev–Trinajstić information content (AvgIpc) is 3.16. The van der Waals surface area contributed by atoms with Gasteiger partial charge in [-0.25, -0.2) is 0 Å². The maximum absolute atomic E-state index is 13.2. The number of fused-ring (bicyclic) bond motifs is 1. The van der Waals surface area contributed by atoms with Crippen molar-refractivity contribution < 1.29 is 14.3 Å². The second-order valence-corrected chi connectivity index (χ2v) is 8.29. The minimum atomic E-state index is -0.286. The number of amides is 2. The summed E-state index contributed by atoms with van der Waals surface area (Å²) < 4.78 is 5.24. The fourth-order valence-electron chi connectivity index (χ4n) is 4.32. The van der Waals surface area contributed by atoms with Gasteiger partial charge < -0.3 is 19.9 Å².